The molecule has 1 saturated heterocycles. The van der Waals surface area contributed by atoms with Crippen LogP contribution in [-0.2, 0) is 42.9 Å². The Morgan fingerprint density at radius 3 is 1.57 bits per heavy atom. The monoisotopic (exact) mass is 659 g/mol. The molecule has 262 valence electrons. The quantitative estimate of drug-likeness (QED) is 0.177. The highest BCUT2D eigenvalue weighted by Crippen LogP contribution is 2.34. The molecule has 11 nitrogen and oxygen atoms in total. The van der Waals surface area contributed by atoms with Crippen LogP contribution < -0.4 is 4.74 Å². The molecule has 0 bridgehead atoms. The second kappa shape index (κ2) is 15.4. The molecule has 1 aromatic carbocycles. The molecule has 1 aliphatic heterocycles. The molecule has 1 fully saturated rings. The van der Waals surface area contributed by atoms with Crippen molar-refractivity contribution in [3.05, 3.63) is 35.9 Å². The topological polar surface area (TPSA) is 136 Å². The van der Waals surface area contributed by atoms with Crippen LogP contribution in [0.2, 0.25) is 0 Å². The zero-order valence-corrected chi connectivity index (χ0v) is 30.2. The standard InChI is InChI=1S/C36H53NO10/c1-33(2,3)29(38)43-21-24-25(45-30(39)34(4,5)6)26(46-31(40)35(7,8)9)27(47-32(41)36(10,11)12)28(44-24)37-20-14-15-22-16-18-23(42-13)19-17-22/h14-20,24-28H,21H2,1-13H3/b15-14+,37-20+/t24-,25-,26+,27-,28-/m1/s1. The third-order valence-corrected chi connectivity index (χ3v) is 6.89. The molecule has 47 heavy (non-hydrogen) atoms. The van der Waals surface area contributed by atoms with E-state index in [9.17, 15) is 19.2 Å². The lowest BCUT2D eigenvalue weighted by Crippen LogP contribution is -2.63. The Bertz CT molecular complexity index is 1300. The maximum Gasteiger partial charge on any atom is 0.311 e. The number of carbonyl (C=O) groups excluding carboxylic acids is 4. The lowest BCUT2D eigenvalue weighted by molar-refractivity contribution is -0.258. The minimum absolute atomic E-state index is 0.352. The molecule has 11 heteroatoms. The number of ether oxygens (including phenoxy) is 6. The van der Waals surface area contributed by atoms with Gasteiger partial charge in [0.05, 0.1) is 28.8 Å². The molecule has 0 saturated carbocycles. The molecular weight excluding hydrogens is 606 g/mol. The van der Waals surface area contributed by atoms with Gasteiger partial charge < -0.3 is 28.4 Å². The lowest BCUT2D eigenvalue weighted by Gasteiger charge is -2.45. The van der Waals surface area contributed by atoms with Gasteiger partial charge in [-0.25, -0.2) is 0 Å². The van der Waals surface area contributed by atoms with Crippen LogP contribution in [0, 0.1) is 21.7 Å². The number of carbonyl (C=O) groups is 4. The van der Waals surface area contributed by atoms with Crippen LogP contribution in [0.5, 0.6) is 5.75 Å². The van der Waals surface area contributed by atoms with Gasteiger partial charge in [0.15, 0.2) is 24.5 Å². The van der Waals surface area contributed by atoms with Crippen molar-refractivity contribution in [3.63, 3.8) is 0 Å². The van der Waals surface area contributed by atoms with Gasteiger partial charge >= 0.3 is 23.9 Å². The minimum Gasteiger partial charge on any atom is -0.497 e. The molecule has 0 radical (unpaired) electrons. The van der Waals surface area contributed by atoms with E-state index in [0.29, 0.717) is 5.75 Å². The fourth-order valence-electron chi connectivity index (χ4n) is 3.83. The minimum atomic E-state index is -1.36. The van der Waals surface area contributed by atoms with Gasteiger partial charge in [-0.3, -0.25) is 24.2 Å². The molecule has 1 heterocycles. The highest BCUT2D eigenvalue weighted by atomic mass is 16.7. The largest absolute Gasteiger partial charge is 0.497 e. The van der Waals surface area contributed by atoms with Crippen molar-refractivity contribution in [1.82, 2.24) is 0 Å². The second-order valence-corrected chi connectivity index (χ2v) is 15.7. The summed E-state index contributed by atoms with van der Waals surface area (Å²) >= 11 is 0. The van der Waals surface area contributed by atoms with Crippen LogP contribution in [-0.4, -0.2) is 74.5 Å². The van der Waals surface area contributed by atoms with Gasteiger partial charge in [0.2, 0.25) is 0 Å². The molecule has 0 amide bonds. The average Bonchev–Trinajstić information content (AvgIpc) is 2.94. The third-order valence-electron chi connectivity index (χ3n) is 6.89. The van der Waals surface area contributed by atoms with Crippen LogP contribution in [0.3, 0.4) is 0 Å². The first-order valence-corrected chi connectivity index (χ1v) is 15.7. The van der Waals surface area contributed by atoms with Crippen molar-refractivity contribution in [2.75, 3.05) is 13.7 Å². The van der Waals surface area contributed by atoms with Crippen LogP contribution in [0.1, 0.15) is 88.6 Å². The van der Waals surface area contributed by atoms with Crippen molar-refractivity contribution < 1.29 is 47.6 Å². The Morgan fingerprint density at radius 1 is 0.681 bits per heavy atom. The summed E-state index contributed by atoms with van der Waals surface area (Å²) in [6.45, 7) is 19.8. The maximum atomic E-state index is 13.4. The Morgan fingerprint density at radius 2 is 1.13 bits per heavy atom. The van der Waals surface area contributed by atoms with E-state index in [1.165, 1.54) is 6.21 Å². The summed E-state index contributed by atoms with van der Waals surface area (Å²) in [5.41, 5.74) is -2.83. The van der Waals surface area contributed by atoms with Gasteiger partial charge in [-0.15, -0.1) is 0 Å². The number of esters is 4. The van der Waals surface area contributed by atoms with Gasteiger partial charge in [0.1, 0.15) is 18.5 Å². The first kappa shape index (κ1) is 39.4. The fraction of sp³-hybridized carbons (Fsp3) is 0.639. The van der Waals surface area contributed by atoms with Gasteiger partial charge in [0.25, 0.3) is 0 Å². The van der Waals surface area contributed by atoms with Gasteiger partial charge in [-0.1, -0.05) is 18.2 Å². The average molecular weight is 660 g/mol. The van der Waals surface area contributed by atoms with E-state index in [4.69, 9.17) is 28.4 Å². The molecule has 1 aliphatic rings. The summed E-state index contributed by atoms with van der Waals surface area (Å²) in [6.07, 6.45) is -1.44. The van der Waals surface area contributed by atoms with Crippen LogP contribution in [0.4, 0.5) is 0 Å². The summed E-state index contributed by atoms with van der Waals surface area (Å²) in [5, 5.41) is 0. The third kappa shape index (κ3) is 11.8. The van der Waals surface area contributed by atoms with Crippen LogP contribution in [0.15, 0.2) is 35.3 Å². The maximum absolute atomic E-state index is 13.4. The van der Waals surface area contributed by atoms with Crippen molar-refractivity contribution in [3.8, 4) is 5.75 Å². The van der Waals surface area contributed by atoms with Gasteiger partial charge in [-0.05, 0) is 107 Å². The normalized spacial score (nSPS) is 22.5. The molecular formula is C36H53NO10. The number of methoxy groups -OCH3 is 1. The number of hydrogen-bond acceptors (Lipinski definition) is 11. The zero-order valence-electron chi connectivity index (χ0n) is 30.2. The molecule has 2 rings (SSSR count). The van der Waals surface area contributed by atoms with Crippen molar-refractivity contribution in [2.24, 2.45) is 26.7 Å². The number of benzene rings is 1. The summed E-state index contributed by atoms with van der Waals surface area (Å²) in [4.78, 5) is 57.3. The highest BCUT2D eigenvalue weighted by Gasteiger charge is 2.54. The molecule has 0 aromatic heterocycles. The predicted octanol–water partition coefficient (Wildman–Crippen LogP) is 5.97. The highest BCUT2D eigenvalue weighted by molar-refractivity contribution is 5.79. The van der Waals surface area contributed by atoms with Crippen LogP contribution >= 0.6 is 0 Å². The van der Waals surface area contributed by atoms with E-state index in [1.54, 1.807) is 102 Å². The van der Waals surface area contributed by atoms with Crippen molar-refractivity contribution in [1.29, 1.82) is 0 Å². The number of nitrogens with zero attached hydrogens (tertiary/aromatic N) is 1. The first-order chi connectivity index (χ1) is 21.4. The van der Waals surface area contributed by atoms with E-state index >= 15 is 0 Å². The van der Waals surface area contributed by atoms with Gasteiger partial charge in [0, 0.05) is 6.21 Å². The Hall–Kier alpha value is -3.73. The SMILES string of the molecule is COc1ccc(/C=C/C=N/[C@@H]2O[C@H](COC(=O)C(C)(C)C)[C@@H](OC(=O)C(C)(C)C)[C@H](OC(=O)C(C)(C)C)[C@H]2OC(=O)C(C)(C)C)cc1. The Kier molecular flexibility index (Phi) is 13.0. The van der Waals surface area contributed by atoms with E-state index in [0.717, 1.165) is 5.56 Å². The summed E-state index contributed by atoms with van der Waals surface area (Å²) in [5.74, 6) is -1.68. The van der Waals surface area contributed by atoms with E-state index < -0.39 is 76.2 Å². The summed E-state index contributed by atoms with van der Waals surface area (Å²) in [6, 6.07) is 7.37. The number of allylic oxidation sites excluding steroid dienone is 1. The fourth-order valence-corrected chi connectivity index (χ4v) is 3.83. The molecule has 5 atom stereocenters. The first-order valence-electron chi connectivity index (χ1n) is 15.7. The second-order valence-electron chi connectivity index (χ2n) is 15.7. The molecule has 0 aliphatic carbocycles. The molecule has 0 N–H and O–H groups in total. The summed E-state index contributed by atoms with van der Waals surface area (Å²) < 4.78 is 35.1. The van der Waals surface area contributed by atoms with Crippen LogP contribution in [0.25, 0.3) is 6.08 Å². The van der Waals surface area contributed by atoms with E-state index in [1.807, 2.05) is 24.3 Å². The van der Waals surface area contributed by atoms with Crippen molar-refractivity contribution >= 4 is 36.2 Å². The molecule has 0 spiro atoms. The molecule has 0 unspecified atom stereocenters. The summed E-state index contributed by atoms with van der Waals surface area (Å²) in [7, 11) is 1.59. The number of aliphatic imine (C=N–C) groups is 1. The van der Waals surface area contributed by atoms with Gasteiger partial charge in [-0.2, -0.15) is 0 Å². The molecule has 1 aromatic rings. The zero-order chi connectivity index (χ0) is 36.0. The Labute approximate surface area is 279 Å². The van der Waals surface area contributed by atoms with E-state index in [2.05, 4.69) is 4.99 Å². The number of hydrogen-bond donors (Lipinski definition) is 0. The lowest BCUT2D eigenvalue weighted by atomic mass is 9.92. The van der Waals surface area contributed by atoms with E-state index in [-0.39, 0.29) is 6.61 Å². The smallest absolute Gasteiger partial charge is 0.311 e. The number of rotatable bonds is 9. The predicted molar refractivity (Wildman–Crippen MR) is 178 cm³/mol. The van der Waals surface area contributed by atoms with Crippen molar-refractivity contribution in [2.45, 2.75) is 114 Å². The Balaban J connectivity index is 2.66.